The Kier molecular flexibility index (Phi) is 19.2. The Labute approximate surface area is 182 Å². The molecule has 140 valence electrons. The van der Waals surface area contributed by atoms with Crippen molar-refractivity contribution in [3.8, 4) is 0 Å². The molecule has 0 heterocycles. The second kappa shape index (κ2) is 19.0. The molecule has 0 aromatic heterocycles. The second-order valence-electron chi connectivity index (χ2n) is 7.56. The Morgan fingerprint density at radius 1 is 0.480 bits per heavy atom. The summed E-state index contributed by atoms with van der Waals surface area (Å²) in [6.07, 6.45) is 22.2. The van der Waals surface area contributed by atoms with Gasteiger partial charge in [0.1, 0.15) is 0 Å². The molecule has 0 saturated carbocycles. The molecule has 1 aromatic rings. The maximum absolute atomic E-state index is 2.37. The van der Waals surface area contributed by atoms with Crippen molar-refractivity contribution in [2.24, 2.45) is 0 Å². The van der Waals surface area contributed by atoms with Crippen LogP contribution in [0.4, 0.5) is 0 Å². The topological polar surface area (TPSA) is 0 Å². The minimum atomic E-state index is 0. The molecule has 0 aliphatic rings. The van der Waals surface area contributed by atoms with Crippen molar-refractivity contribution in [2.75, 3.05) is 0 Å². The third-order valence-electron chi connectivity index (χ3n) is 5.16. The van der Waals surface area contributed by atoms with Crippen LogP contribution in [0.3, 0.4) is 0 Å². The summed E-state index contributed by atoms with van der Waals surface area (Å²) in [6, 6.07) is 9.47. The number of hydrogen-bond acceptors (Lipinski definition) is 0. The average Bonchev–Trinajstić information content (AvgIpc) is 2.61. The van der Waals surface area contributed by atoms with Crippen LogP contribution in [-0.4, -0.2) is 0 Å². The van der Waals surface area contributed by atoms with Crippen molar-refractivity contribution in [1.82, 2.24) is 0 Å². The van der Waals surface area contributed by atoms with Gasteiger partial charge in [0, 0.05) is 0 Å². The van der Waals surface area contributed by atoms with Gasteiger partial charge in [0.2, 0.25) is 0 Å². The zero-order valence-electron chi connectivity index (χ0n) is 18.6. The van der Waals surface area contributed by atoms with Gasteiger partial charge < -0.3 is 1.43 Å². The largest absolute Gasteiger partial charge is 1.00 e. The van der Waals surface area contributed by atoms with Crippen LogP contribution in [0.25, 0.3) is 0 Å². The van der Waals surface area contributed by atoms with Gasteiger partial charge in [-0.05, 0) is 36.8 Å². The van der Waals surface area contributed by atoms with Crippen LogP contribution in [0.15, 0.2) is 24.3 Å². The van der Waals surface area contributed by atoms with Crippen LogP contribution >= 0.6 is 0 Å². The van der Waals surface area contributed by atoms with E-state index in [4.69, 9.17) is 0 Å². The van der Waals surface area contributed by atoms with Crippen molar-refractivity contribution in [1.29, 1.82) is 0 Å². The molecule has 1 rings (SSSR count). The summed E-state index contributed by atoms with van der Waals surface area (Å²) in [4.78, 5) is 0. The van der Waals surface area contributed by atoms with Gasteiger partial charge in [-0.3, -0.25) is 0 Å². The van der Waals surface area contributed by atoms with E-state index in [-0.39, 0.29) is 31.0 Å². The van der Waals surface area contributed by atoms with Gasteiger partial charge in [0.15, 0.2) is 0 Å². The molecule has 0 aliphatic heterocycles. The first-order valence-electron chi connectivity index (χ1n) is 10.9. The van der Waals surface area contributed by atoms with Gasteiger partial charge in [0.05, 0.1) is 0 Å². The molecule has 0 saturated heterocycles. The molecule has 0 nitrogen and oxygen atoms in total. The molecule has 1 heteroatoms. The van der Waals surface area contributed by atoms with Gasteiger partial charge in [-0.2, -0.15) is 0 Å². The molecular weight excluding hydrogens is 311 g/mol. The SMILES string of the molecule is CCCCCCCCCc1ccc(CCCCCCCCC)cc1.[H-].[Na+]. The normalized spacial score (nSPS) is 10.6. The maximum Gasteiger partial charge on any atom is 1.00 e. The molecule has 0 atom stereocenters. The summed E-state index contributed by atoms with van der Waals surface area (Å²) >= 11 is 0. The fourth-order valence-electron chi connectivity index (χ4n) is 3.45. The van der Waals surface area contributed by atoms with Crippen molar-refractivity contribution in [3.05, 3.63) is 35.4 Å². The van der Waals surface area contributed by atoms with E-state index < -0.39 is 0 Å². The number of hydrogen-bond donors (Lipinski definition) is 0. The van der Waals surface area contributed by atoms with E-state index in [1.54, 1.807) is 0 Å². The van der Waals surface area contributed by atoms with E-state index in [1.807, 2.05) is 0 Å². The Hall–Kier alpha value is 0.220. The number of rotatable bonds is 16. The van der Waals surface area contributed by atoms with E-state index in [0.717, 1.165) is 0 Å². The number of unbranched alkanes of at least 4 members (excludes halogenated alkanes) is 12. The number of benzene rings is 1. The Morgan fingerprint density at radius 3 is 1.08 bits per heavy atom. The molecule has 1 aromatic carbocycles. The molecule has 0 unspecified atom stereocenters. The Balaban J connectivity index is 0. The van der Waals surface area contributed by atoms with Crippen LogP contribution in [0.2, 0.25) is 0 Å². The smallest absolute Gasteiger partial charge is 1.00 e. The Morgan fingerprint density at radius 2 is 0.760 bits per heavy atom. The predicted octanol–water partition coefficient (Wildman–Crippen LogP) is 5.39. The fraction of sp³-hybridized carbons (Fsp3) is 0.750. The van der Waals surface area contributed by atoms with E-state index in [1.165, 1.54) is 114 Å². The Bertz CT molecular complexity index is 337. The molecule has 0 N–H and O–H groups in total. The van der Waals surface area contributed by atoms with Crippen LogP contribution in [0.5, 0.6) is 0 Å². The van der Waals surface area contributed by atoms with Crippen molar-refractivity contribution >= 4 is 0 Å². The minimum absolute atomic E-state index is 0. The molecule has 25 heavy (non-hydrogen) atoms. The van der Waals surface area contributed by atoms with Crippen LogP contribution in [-0.2, 0) is 12.8 Å². The van der Waals surface area contributed by atoms with Crippen molar-refractivity contribution in [2.45, 2.75) is 117 Å². The molecule has 0 amide bonds. The zero-order valence-corrected chi connectivity index (χ0v) is 19.6. The van der Waals surface area contributed by atoms with Gasteiger partial charge in [0.25, 0.3) is 0 Å². The molecule has 0 fully saturated rings. The molecule has 0 aliphatic carbocycles. The minimum Gasteiger partial charge on any atom is -1.00 e. The summed E-state index contributed by atoms with van der Waals surface area (Å²) in [5, 5.41) is 0. The molecule has 0 bridgehead atoms. The first-order valence-corrected chi connectivity index (χ1v) is 10.9. The second-order valence-corrected chi connectivity index (χ2v) is 7.56. The maximum atomic E-state index is 2.37. The first kappa shape index (κ1) is 25.2. The van der Waals surface area contributed by atoms with E-state index >= 15 is 0 Å². The van der Waals surface area contributed by atoms with Crippen LogP contribution in [0, 0.1) is 0 Å². The standard InChI is InChI=1S/C24H42.Na.H/c1-3-5-7-9-11-13-15-17-23-19-21-24(22-20-23)18-16-14-12-10-8-6-4-2;;/h19-22H,3-18H2,1-2H3;;/q;+1;-1. The monoisotopic (exact) mass is 354 g/mol. The number of aryl methyl sites for hydroxylation is 2. The summed E-state index contributed by atoms with van der Waals surface area (Å²) in [7, 11) is 0. The summed E-state index contributed by atoms with van der Waals surface area (Å²) in [5.41, 5.74) is 3.07. The first-order chi connectivity index (χ1) is 11.9. The van der Waals surface area contributed by atoms with Crippen LogP contribution in [0.1, 0.15) is 116 Å². The third kappa shape index (κ3) is 15.0. The average molecular weight is 355 g/mol. The third-order valence-corrected chi connectivity index (χ3v) is 5.16. The molecular formula is C24H43Na. The fourth-order valence-corrected chi connectivity index (χ4v) is 3.45. The van der Waals surface area contributed by atoms with Crippen LogP contribution < -0.4 is 29.6 Å². The summed E-state index contributed by atoms with van der Waals surface area (Å²) in [6.45, 7) is 4.58. The summed E-state index contributed by atoms with van der Waals surface area (Å²) < 4.78 is 0. The van der Waals surface area contributed by atoms with Gasteiger partial charge in [-0.1, -0.05) is 115 Å². The quantitative estimate of drug-likeness (QED) is 0.276. The van der Waals surface area contributed by atoms with Crippen molar-refractivity contribution < 1.29 is 31.0 Å². The van der Waals surface area contributed by atoms with Crippen molar-refractivity contribution in [3.63, 3.8) is 0 Å². The summed E-state index contributed by atoms with van der Waals surface area (Å²) in [5.74, 6) is 0. The van der Waals surface area contributed by atoms with Gasteiger partial charge >= 0.3 is 29.6 Å². The van der Waals surface area contributed by atoms with E-state index in [9.17, 15) is 0 Å². The predicted molar refractivity (Wildman–Crippen MR) is 111 cm³/mol. The van der Waals surface area contributed by atoms with Gasteiger partial charge in [-0.25, -0.2) is 0 Å². The molecule has 0 radical (unpaired) electrons. The zero-order chi connectivity index (χ0) is 17.3. The molecule has 0 spiro atoms. The van der Waals surface area contributed by atoms with Gasteiger partial charge in [-0.15, -0.1) is 0 Å². The van der Waals surface area contributed by atoms with E-state index in [2.05, 4.69) is 38.1 Å². The van der Waals surface area contributed by atoms with E-state index in [0.29, 0.717) is 0 Å².